The minimum absolute atomic E-state index is 0.631. The van der Waals surface area contributed by atoms with E-state index in [-0.39, 0.29) is 0 Å². The smallest absolute Gasteiger partial charge is 0.164 e. The molecule has 4 heteroatoms. The molecule has 0 spiro atoms. The highest BCUT2D eigenvalue weighted by atomic mass is 15.0. The van der Waals surface area contributed by atoms with Gasteiger partial charge in [0.15, 0.2) is 17.5 Å². The Kier molecular flexibility index (Phi) is 6.76. The number of hydrogen-bond donors (Lipinski definition) is 0. The molecule has 9 aromatic rings. The van der Waals surface area contributed by atoms with Crippen LogP contribution in [0.1, 0.15) is 0 Å². The highest BCUT2D eigenvalue weighted by molar-refractivity contribution is 5.98. The van der Waals surface area contributed by atoms with Crippen LogP contribution < -0.4 is 0 Å². The topological polar surface area (TPSA) is 51.6 Å². The van der Waals surface area contributed by atoms with Gasteiger partial charge in [0, 0.05) is 27.6 Å². The third-order valence-corrected chi connectivity index (χ3v) is 8.91. The van der Waals surface area contributed by atoms with Crippen molar-refractivity contribution < 1.29 is 0 Å². The summed E-state index contributed by atoms with van der Waals surface area (Å²) in [7, 11) is 0. The van der Waals surface area contributed by atoms with Crippen LogP contribution in [-0.2, 0) is 0 Å². The molecule has 0 aliphatic rings. The van der Waals surface area contributed by atoms with Crippen molar-refractivity contribution in [1.29, 1.82) is 0 Å². The molecule has 0 aliphatic carbocycles. The number of benzene rings is 7. The zero-order chi connectivity index (χ0) is 31.9. The van der Waals surface area contributed by atoms with E-state index in [1.54, 1.807) is 0 Å². The molecular weight excluding hydrogens is 585 g/mol. The first-order chi connectivity index (χ1) is 23.7. The molecular formula is C44H28N4. The van der Waals surface area contributed by atoms with Crippen molar-refractivity contribution in [3.8, 4) is 56.5 Å². The predicted octanol–water partition coefficient (Wildman–Crippen LogP) is 11.1. The van der Waals surface area contributed by atoms with Gasteiger partial charge in [-0.15, -0.1) is 0 Å². The molecule has 9 rings (SSSR count). The van der Waals surface area contributed by atoms with Gasteiger partial charge in [-0.25, -0.2) is 19.9 Å². The third-order valence-electron chi connectivity index (χ3n) is 8.91. The number of aromatic nitrogens is 4. The number of nitrogens with zero attached hydrogens (tertiary/aromatic N) is 4. The molecule has 0 saturated heterocycles. The lowest BCUT2D eigenvalue weighted by molar-refractivity contribution is 1.08. The Morgan fingerprint density at radius 3 is 1.71 bits per heavy atom. The van der Waals surface area contributed by atoms with Gasteiger partial charge in [0.05, 0.1) is 11.2 Å². The Labute approximate surface area is 278 Å². The van der Waals surface area contributed by atoms with Gasteiger partial charge < -0.3 is 0 Å². The Balaban J connectivity index is 1.16. The van der Waals surface area contributed by atoms with Gasteiger partial charge in [0.1, 0.15) is 0 Å². The van der Waals surface area contributed by atoms with E-state index in [1.807, 2.05) is 42.5 Å². The summed E-state index contributed by atoms with van der Waals surface area (Å²) < 4.78 is 0. The van der Waals surface area contributed by atoms with E-state index in [0.29, 0.717) is 17.5 Å². The van der Waals surface area contributed by atoms with E-state index in [2.05, 4.69) is 127 Å². The van der Waals surface area contributed by atoms with Gasteiger partial charge in [0.25, 0.3) is 0 Å². The maximum Gasteiger partial charge on any atom is 0.164 e. The van der Waals surface area contributed by atoms with Crippen LogP contribution in [0.15, 0.2) is 170 Å². The van der Waals surface area contributed by atoms with Crippen LogP contribution in [0, 0.1) is 0 Å². The van der Waals surface area contributed by atoms with E-state index < -0.39 is 0 Å². The molecule has 0 aliphatic heterocycles. The first-order valence-electron chi connectivity index (χ1n) is 16.1. The van der Waals surface area contributed by atoms with E-state index in [4.69, 9.17) is 19.9 Å². The van der Waals surface area contributed by atoms with Crippen LogP contribution in [0.25, 0.3) is 89.0 Å². The molecule has 48 heavy (non-hydrogen) atoms. The average Bonchev–Trinajstić information content (AvgIpc) is 3.17. The fraction of sp³-hybridized carbons (Fsp3) is 0. The molecule has 0 radical (unpaired) electrons. The third kappa shape index (κ3) is 5.16. The molecule has 224 valence electrons. The highest BCUT2D eigenvalue weighted by Crippen LogP contribution is 2.33. The van der Waals surface area contributed by atoms with E-state index in [9.17, 15) is 0 Å². The molecule has 0 N–H and O–H groups in total. The Morgan fingerprint density at radius 2 is 0.875 bits per heavy atom. The normalized spacial score (nSPS) is 11.3. The molecule has 2 aromatic heterocycles. The summed E-state index contributed by atoms with van der Waals surface area (Å²) in [5, 5.41) is 5.76. The zero-order valence-electron chi connectivity index (χ0n) is 26.0. The summed E-state index contributed by atoms with van der Waals surface area (Å²) in [4.78, 5) is 20.1. The van der Waals surface area contributed by atoms with E-state index in [0.717, 1.165) is 55.2 Å². The van der Waals surface area contributed by atoms with Crippen LogP contribution in [0.4, 0.5) is 0 Å². The number of hydrogen-bond acceptors (Lipinski definition) is 4. The van der Waals surface area contributed by atoms with Crippen molar-refractivity contribution in [3.05, 3.63) is 170 Å². The molecule has 4 nitrogen and oxygen atoms in total. The second-order valence-electron chi connectivity index (χ2n) is 11.9. The summed E-state index contributed by atoms with van der Waals surface area (Å²) in [6, 6.07) is 58.8. The van der Waals surface area contributed by atoms with E-state index in [1.165, 1.54) is 16.3 Å². The fourth-order valence-corrected chi connectivity index (χ4v) is 6.38. The van der Waals surface area contributed by atoms with Crippen LogP contribution in [0.5, 0.6) is 0 Å². The minimum atomic E-state index is 0.631. The lowest BCUT2D eigenvalue weighted by Crippen LogP contribution is -2.00. The van der Waals surface area contributed by atoms with Gasteiger partial charge in [-0.1, -0.05) is 146 Å². The van der Waals surface area contributed by atoms with Crippen LogP contribution in [-0.4, -0.2) is 19.9 Å². The lowest BCUT2D eigenvalue weighted by Gasteiger charge is -2.12. The molecule has 0 atom stereocenters. The Morgan fingerprint density at radius 1 is 0.292 bits per heavy atom. The lowest BCUT2D eigenvalue weighted by atomic mass is 9.99. The maximum absolute atomic E-state index is 5.10. The maximum atomic E-state index is 5.10. The van der Waals surface area contributed by atoms with Gasteiger partial charge in [-0.05, 0) is 56.9 Å². The molecule has 0 bridgehead atoms. The van der Waals surface area contributed by atoms with Crippen LogP contribution in [0.2, 0.25) is 0 Å². The summed E-state index contributed by atoms with van der Waals surface area (Å²) >= 11 is 0. The standard InChI is InChI=1S/C44H28N4/c1-2-11-33(12-3-1)42-46-43(34-21-17-30(18-22-34)36-23-19-29-9-4-5-13-35(29)27-36)48-44(47-42)38-15-8-14-31-20-24-37(28-39(31)38)41-26-25-32-10-6-7-16-40(32)45-41/h1-28H. The molecule has 2 heterocycles. The molecule has 7 aromatic carbocycles. The highest BCUT2D eigenvalue weighted by Gasteiger charge is 2.15. The number of para-hydroxylation sites is 1. The second-order valence-corrected chi connectivity index (χ2v) is 11.9. The van der Waals surface area contributed by atoms with E-state index >= 15 is 0 Å². The predicted molar refractivity (Wildman–Crippen MR) is 197 cm³/mol. The summed E-state index contributed by atoms with van der Waals surface area (Å²) in [6.07, 6.45) is 0. The number of pyridine rings is 1. The monoisotopic (exact) mass is 612 g/mol. The van der Waals surface area contributed by atoms with Gasteiger partial charge in [0.2, 0.25) is 0 Å². The minimum Gasteiger partial charge on any atom is -0.248 e. The molecule has 0 amide bonds. The van der Waals surface area contributed by atoms with Gasteiger partial charge in [-0.2, -0.15) is 0 Å². The van der Waals surface area contributed by atoms with Crippen LogP contribution >= 0.6 is 0 Å². The first-order valence-corrected chi connectivity index (χ1v) is 16.1. The summed E-state index contributed by atoms with van der Waals surface area (Å²) in [6.45, 7) is 0. The van der Waals surface area contributed by atoms with Crippen molar-refractivity contribution >= 4 is 32.4 Å². The molecule has 0 saturated carbocycles. The Bertz CT molecular complexity index is 2610. The summed E-state index contributed by atoms with van der Waals surface area (Å²) in [5.74, 6) is 1.90. The van der Waals surface area contributed by atoms with Crippen molar-refractivity contribution in [3.63, 3.8) is 0 Å². The zero-order valence-corrected chi connectivity index (χ0v) is 26.0. The number of rotatable bonds is 5. The van der Waals surface area contributed by atoms with Crippen molar-refractivity contribution in [2.24, 2.45) is 0 Å². The van der Waals surface area contributed by atoms with Crippen molar-refractivity contribution in [2.45, 2.75) is 0 Å². The van der Waals surface area contributed by atoms with Gasteiger partial charge >= 0.3 is 0 Å². The van der Waals surface area contributed by atoms with Crippen LogP contribution in [0.3, 0.4) is 0 Å². The largest absolute Gasteiger partial charge is 0.248 e. The molecule has 0 fully saturated rings. The quantitative estimate of drug-likeness (QED) is 0.194. The fourth-order valence-electron chi connectivity index (χ4n) is 6.38. The Hall–Kier alpha value is -6.52. The van der Waals surface area contributed by atoms with Gasteiger partial charge in [-0.3, -0.25) is 0 Å². The van der Waals surface area contributed by atoms with Crippen molar-refractivity contribution in [2.75, 3.05) is 0 Å². The summed E-state index contributed by atoms with van der Waals surface area (Å²) in [5.41, 5.74) is 8.09. The molecule has 0 unspecified atom stereocenters. The SMILES string of the molecule is c1ccc(-c2nc(-c3ccc(-c4ccc5ccccc5c4)cc3)nc(-c3cccc4ccc(-c5ccc6ccccc6n5)cc34)n2)cc1. The average molecular weight is 613 g/mol. The number of fused-ring (bicyclic) bond motifs is 3. The van der Waals surface area contributed by atoms with Crippen molar-refractivity contribution in [1.82, 2.24) is 19.9 Å². The first kappa shape index (κ1) is 27.8. The second kappa shape index (κ2) is 11.7.